The Kier molecular flexibility index (Phi) is 8.29. The summed E-state index contributed by atoms with van der Waals surface area (Å²) in [5, 5.41) is 5.86. The fourth-order valence-corrected chi connectivity index (χ4v) is 3.04. The second-order valence-electron chi connectivity index (χ2n) is 7.81. The fraction of sp³-hybridized carbons (Fsp3) is 0.571. The highest BCUT2D eigenvalue weighted by Gasteiger charge is 2.32. The Morgan fingerprint density at radius 1 is 1.14 bits per heavy atom. The second kappa shape index (κ2) is 10.7. The maximum Gasteiger partial charge on any atom is 0.259 e. The lowest BCUT2D eigenvalue weighted by molar-refractivity contribution is -0.133. The zero-order chi connectivity index (χ0) is 20.5. The van der Waals surface area contributed by atoms with E-state index in [0.29, 0.717) is 25.2 Å². The van der Waals surface area contributed by atoms with E-state index >= 15 is 0 Å². The summed E-state index contributed by atoms with van der Waals surface area (Å²) in [6.07, 6.45) is 7.44. The van der Waals surface area contributed by atoms with Crippen molar-refractivity contribution >= 4 is 11.8 Å². The number of hydrogen-bond donors (Lipinski definition) is 2. The lowest BCUT2D eigenvalue weighted by atomic mass is 9.99. The van der Waals surface area contributed by atoms with Gasteiger partial charge in [0.2, 0.25) is 11.8 Å². The predicted octanol–water partition coefficient (Wildman–Crippen LogP) is 2.53. The molecule has 0 aliphatic carbocycles. The quantitative estimate of drug-likeness (QED) is 0.642. The minimum atomic E-state index is -0.620. The third kappa shape index (κ3) is 6.87. The molecule has 1 aliphatic rings. The van der Waals surface area contributed by atoms with Crippen LogP contribution in [0.4, 0.5) is 0 Å². The third-order valence-electron chi connectivity index (χ3n) is 4.49. The molecule has 1 aromatic rings. The average Bonchev–Trinajstić information content (AvgIpc) is 3.18. The number of nitrogens with one attached hydrogen (secondary N) is 2. The first-order valence-corrected chi connectivity index (χ1v) is 9.81. The number of hydrogen-bond acceptors (Lipinski definition) is 5. The highest BCUT2D eigenvalue weighted by molar-refractivity contribution is 5.88. The summed E-state index contributed by atoms with van der Waals surface area (Å²) < 4.78 is 10.8. The third-order valence-corrected chi connectivity index (χ3v) is 4.49. The first kappa shape index (κ1) is 21.7. The summed E-state index contributed by atoms with van der Waals surface area (Å²) in [4.78, 5) is 29.3. The van der Waals surface area contributed by atoms with E-state index in [0.717, 1.165) is 5.56 Å². The van der Waals surface area contributed by atoms with Gasteiger partial charge in [-0.2, -0.15) is 0 Å². The molecule has 2 rings (SSSR count). The van der Waals surface area contributed by atoms with Crippen LogP contribution in [0, 0.1) is 11.8 Å². The van der Waals surface area contributed by atoms with Crippen molar-refractivity contribution in [3.8, 4) is 0 Å². The zero-order valence-electron chi connectivity index (χ0n) is 17.1. The van der Waals surface area contributed by atoms with E-state index in [2.05, 4.69) is 29.5 Å². The van der Waals surface area contributed by atoms with Gasteiger partial charge >= 0.3 is 0 Å². The van der Waals surface area contributed by atoms with Gasteiger partial charge in [-0.25, -0.2) is 0 Å². The van der Waals surface area contributed by atoms with Crippen LogP contribution in [0.15, 0.2) is 37.1 Å². The Morgan fingerprint density at radius 2 is 1.86 bits per heavy atom. The fourth-order valence-electron chi connectivity index (χ4n) is 3.04. The molecule has 1 aliphatic heterocycles. The van der Waals surface area contributed by atoms with Crippen LogP contribution in [0.5, 0.6) is 0 Å². The molecule has 0 spiro atoms. The van der Waals surface area contributed by atoms with E-state index in [-0.39, 0.29) is 23.8 Å². The highest BCUT2D eigenvalue weighted by atomic mass is 16.7. The first-order chi connectivity index (χ1) is 13.4. The molecule has 2 heterocycles. The molecule has 0 saturated heterocycles. The molecule has 7 heteroatoms. The highest BCUT2D eigenvalue weighted by Crippen LogP contribution is 2.17. The van der Waals surface area contributed by atoms with Crippen LogP contribution in [0.3, 0.4) is 0 Å². The van der Waals surface area contributed by atoms with Gasteiger partial charge in [0.25, 0.3) is 6.29 Å². The molecule has 1 aromatic heterocycles. The molecule has 0 saturated carbocycles. The molecule has 2 atom stereocenters. The standard InChI is InChI=1S/C21H31N3O4/c1-14(2)12-17(21-27-10-11-28-21)23-20(26)19(15(3)4)24-18(25)8-7-16-6-5-9-22-13-16/h5-6,9-11,13-15,17,19,21H,7-8,12H2,1-4H3,(H,23,26)(H,24,25)/t17-,19-/m0/s1. The van der Waals surface area contributed by atoms with Crippen molar-refractivity contribution in [2.45, 2.75) is 65.3 Å². The van der Waals surface area contributed by atoms with Crippen molar-refractivity contribution in [3.05, 3.63) is 42.6 Å². The normalized spacial score (nSPS) is 15.8. The summed E-state index contributed by atoms with van der Waals surface area (Å²) in [5.41, 5.74) is 0.989. The number of nitrogens with zero attached hydrogens (tertiary/aromatic N) is 1. The van der Waals surface area contributed by atoms with Gasteiger partial charge in [0, 0.05) is 18.8 Å². The first-order valence-electron chi connectivity index (χ1n) is 9.81. The SMILES string of the molecule is CC(C)C[C@H](NC(=O)[C@@H](NC(=O)CCc1cccnc1)C(C)C)C1OC=CO1. The number of aromatic nitrogens is 1. The number of rotatable bonds is 10. The van der Waals surface area contributed by atoms with Crippen LogP contribution in [0.2, 0.25) is 0 Å². The van der Waals surface area contributed by atoms with Crippen LogP contribution in [-0.2, 0) is 25.5 Å². The van der Waals surface area contributed by atoms with E-state index in [1.807, 2.05) is 26.0 Å². The van der Waals surface area contributed by atoms with Crippen LogP contribution >= 0.6 is 0 Å². The summed E-state index contributed by atoms with van der Waals surface area (Å²) >= 11 is 0. The lowest BCUT2D eigenvalue weighted by Gasteiger charge is -2.28. The van der Waals surface area contributed by atoms with Gasteiger partial charge in [0.05, 0.1) is 0 Å². The van der Waals surface area contributed by atoms with Crippen molar-refractivity contribution in [1.29, 1.82) is 0 Å². The van der Waals surface area contributed by atoms with Gasteiger partial charge in [0.15, 0.2) is 0 Å². The summed E-state index contributed by atoms with van der Waals surface area (Å²) in [7, 11) is 0. The Bertz CT molecular complexity index is 653. The van der Waals surface area contributed by atoms with Crippen LogP contribution < -0.4 is 10.6 Å². The molecule has 2 amide bonds. The Hall–Kier alpha value is -2.57. The monoisotopic (exact) mass is 389 g/mol. The second-order valence-corrected chi connectivity index (χ2v) is 7.81. The van der Waals surface area contributed by atoms with Gasteiger partial charge in [0.1, 0.15) is 24.6 Å². The van der Waals surface area contributed by atoms with E-state index in [9.17, 15) is 9.59 Å². The van der Waals surface area contributed by atoms with Crippen molar-refractivity contribution in [1.82, 2.24) is 15.6 Å². The molecular formula is C21H31N3O4. The molecule has 0 fully saturated rings. The molecule has 154 valence electrons. The molecule has 0 aromatic carbocycles. The summed E-state index contributed by atoms with van der Waals surface area (Å²) in [6.45, 7) is 7.96. The molecule has 0 bridgehead atoms. The molecule has 0 unspecified atom stereocenters. The number of ether oxygens (including phenoxy) is 2. The van der Waals surface area contributed by atoms with Crippen molar-refractivity contribution in [3.63, 3.8) is 0 Å². The van der Waals surface area contributed by atoms with Gasteiger partial charge in [-0.1, -0.05) is 33.8 Å². The van der Waals surface area contributed by atoms with Crippen molar-refractivity contribution in [2.75, 3.05) is 0 Å². The number of carbonyl (C=O) groups excluding carboxylic acids is 2. The van der Waals surface area contributed by atoms with Crippen LogP contribution in [0.1, 0.15) is 46.1 Å². The largest absolute Gasteiger partial charge is 0.457 e. The maximum atomic E-state index is 12.9. The van der Waals surface area contributed by atoms with E-state index < -0.39 is 12.3 Å². The van der Waals surface area contributed by atoms with Crippen molar-refractivity contribution in [2.24, 2.45) is 11.8 Å². The van der Waals surface area contributed by atoms with Crippen LogP contribution in [-0.4, -0.2) is 35.2 Å². The van der Waals surface area contributed by atoms with Gasteiger partial charge < -0.3 is 20.1 Å². The predicted molar refractivity (Wildman–Crippen MR) is 106 cm³/mol. The Morgan fingerprint density at radius 3 is 2.43 bits per heavy atom. The molecule has 0 radical (unpaired) electrons. The summed E-state index contributed by atoms with van der Waals surface area (Å²) in [5.74, 6) is -0.0853. The molecular weight excluding hydrogens is 358 g/mol. The van der Waals surface area contributed by atoms with E-state index in [1.54, 1.807) is 12.4 Å². The number of carbonyl (C=O) groups is 2. The minimum absolute atomic E-state index is 0.0504. The Labute approximate surface area is 166 Å². The Balaban J connectivity index is 1.92. The minimum Gasteiger partial charge on any atom is -0.457 e. The lowest BCUT2D eigenvalue weighted by Crippen LogP contribution is -2.54. The molecule has 28 heavy (non-hydrogen) atoms. The smallest absolute Gasteiger partial charge is 0.259 e. The number of aryl methyl sites for hydroxylation is 1. The van der Waals surface area contributed by atoms with Gasteiger partial charge in [-0.3, -0.25) is 14.6 Å². The zero-order valence-corrected chi connectivity index (χ0v) is 17.1. The topological polar surface area (TPSA) is 89.6 Å². The molecule has 2 N–H and O–H groups in total. The average molecular weight is 389 g/mol. The van der Waals surface area contributed by atoms with Gasteiger partial charge in [-0.15, -0.1) is 0 Å². The van der Waals surface area contributed by atoms with E-state index in [1.165, 1.54) is 12.5 Å². The maximum absolute atomic E-state index is 12.9. The summed E-state index contributed by atoms with van der Waals surface area (Å²) in [6, 6.07) is 2.86. The number of amides is 2. The molecule has 7 nitrogen and oxygen atoms in total. The van der Waals surface area contributed by atoms with E-state index in [4.69, 9.17) is 9.47 Å². The number of pyridine rings is 1. The van der Waals surface area contributed by atoms with Gasteiger partial charge in [-0.05, 0) is 36.3 Å². The van der Waals surface area contributed by atoms with Crippen molar-refractivity contribution < 1.29 is 19.1 Å². The van der Waals surface area contributed by atoms with Crippen LogP contribution in [0.25, 0.3) is 0 Å².